The third-order valence-electron chi connectivity index (χ3n) is 2.97. The lowest BCUT2D eigenvalue weighted by molar-refractivity contribution is -0.140. The summed E-state index contributed by atoms with van der Waals surface area (Å²) in [6.45, 7) is 0.238. The van der Waals surface area contributed by atoms with Crippen LogP contribution >= 0.6 is 31.9 Å². The van der Waals surface area contributed by atoms with Crippen LogP contribution < -0.4 is 0 Å². The van der Waals surface area contributed by atoms with E-state index < -0.39 is 22.0 Å². The van der Waals surface area contributed by atoms with Crippen molar-refractivity contribution in [3.05, 3.63) is 27.1 Å². The molecule has 1 aromatic carbocycles. The number of rotatable bonds is 3. The van der Waals surface area contributed by atoms with Gasteiger partial charge in [-0.15, -0.1) is 0 Å². The average molecular weight is 413 g/mol. The molecule has 1 aliphatic rings. The minimum Gasteiger partial charge on any atom is -0.480 e. The predicted molar refractivity (Wildman–Crippen MR) is 76.4 cm³/mol. The summed E-state index contributed by atoms with van der Waals surface area (Å²) in [6.07, 6.45) is 0.910. The Morgan fingerprint density at radius 3 is 2.63 bits per heavy atom. The molecule has 8 heteroatoms. The molecule has 1 atom stereocenters. The molecule has 1 aromatic rings. The summed E-state index contributed by atoms with van der Waals surface area (Å²) in [7, 11) is -3.80. The summed E-state index contributed by atoms with van der Waals surface area (Å²) < 4.78 is 27.2. The summed E-state index contributed by atoms with van der Waals surface area (Å²) in [5.41, 5.74) is 0. The first-order valence-corrected chi connectivity index (χ1v) is 8.56. The molecular formula is C11H11Br2NO4S. The summed E-state index contributed by atoms with van der Waals surface area (Å²) in [6, 6.07) is 3.73. The fourth-order valence-corrected chi connectivity index (χ4v) is 5.44. The van der Waals surface area contributed by atoms with Gasteiger partial charge in [-0.2, -0.15) is 4.31 Å². The summed E-state index contributed by atoms with van der Waals surface area (Å²) >= 11 is 6.45. The Hall–Kier alpha value is -0.440. The van der Waals surface area contributed by atoms with Gasteiger partial charge in [0, 0.05) is 15.5 Å². The van der Waals surface area contributed by atoms with Crippen molar-refractivity contribution in [2.75, 3.05) is 6.54 Å². The van der Waals surface area contributed by atoms with E-state index in [9.17, 15) is 13.2 Å². The van der Waals surface area contributed by atoms with Gasteiger partial charge in [0.2, 0.25) is 10.0 Å². The van der Waals surface area contributed by atoms with Crippen molar-refractivity contribution in [2.45, 2.75) is 23.8 Å². The lowest BCUT2D eigenvalue weighted by Crippen LogP contribution is -2.40. The second kappa shape index (κ2) is 5.51. The van der Waals surface area contributed by atoms with Crippen LogP contribution in [0.4, 0.5) is 0 Å². The molecule has 0 amide bonds. The third-order valence-corrected chi connectivity index (χ3v) is 6.35. The van der Waals surface area contributed by atoms with E-state index in [0.29, 0.717) is 17.3 Å². The van der Waals surface area contributed by atoms with Crippen LogP contribution in [0.25, 0.3) is 0 Å². The number of sulfonamides is 1. The van der Waals surface area contributed by atoms with Gasteiger partial charge in [0.05, 0.1) is 4.90 Å². The van der Waals surface area contributed by atoms with Crippen LogP contribution in [-0.4, -0.2) is 36.4 Å². The van der Waals surface area contributed by atoms with Crippen LogP contribution in [-0.2, 0) is 14.8 Å². The standard InChI is InChI=1S/C11H11Br2NO4S/c12-7-3-4-10(8(13)6-7)19(17,18)14-5-1-2-9(14)11(15)16/h3-4,6,9H,1-2,5H2,(H,15,16). The van der Waals surface area contributed by atoms with Crippen LogP contribution in [0.3, 0.4) is 0 Å². The minimum atomic E-state index is -3.80. The van der Waals surface area contributed by atoms with Crippen molar-refractivity contribution in [3.63, 3.8) is 0 Å². The van der Waals surface area contributed by atoms with Gasteiger partial charge >= 0.3 is 5.97 Å². The number of hydrogen-bond acceptors (Lipinski definition) is 3. The van der Waals surface area contributed by atoms with E-state index in [2.05, 4.69) is 31.9 Å². The number of hydrogen-bond donors (Lipinski definition) is 1. The normalized spacial score (nSPS) is 20.6. The highest BCUT2D eigenvalue weighted by Crippen LogP contribution is 2.32. The maximum atomic E-state index is 12.5. The van der Waals surface area contributed by atoms with Gasteiger partial charge in [-0.3, -0.25) is 4.79 Å². The zero-order valence-electron chi connectivity index (χ0n) is 9.71. The van der Waals surface area contributed by atoms with Crippen molar-refractivity contribution >= 4 is 47.9 Å². The lowest BCUT2D eigenvalue weighted by atomic mass is 10.2. The van der Waals surface area contributed by atoms with Crippen molar-refractivity contribution in [3.8, 4) is 0 Å². The maximum absolute atomic E-state index is 12.5. The molecule has 0 saturated carbocycles. The van der Waals surface area contributed by atoms with Crippen molar-refractivity contribution < 1.29 is 18.3 Å². The molecule has 1 saturated heterocycles. The Kier molecular flexibility index (Phi) is 4.34. The maximum Gasteiger partial charge on any atom is 0.322 e. The van der Waals surface area contributed by atoms with Gasteiger partial charge in [-0.05, 0) is 47.0 Å². The fourth-order valence-electron chi connectivity index (χ4n) is 2.09. The predicted octanol–water partition coefficient (Wildman–Crippen LogP) is 2.45. The molecule has 0 radical (unpaired) electrons. The van der Waals surface area contributed by atoms with Crippen LogP contribution in [0.15, 0.2) is 32.0 Å². The van der Waals surface area contributed by atoms with Crippen molar-refractivity contribution in [1.29, 1.82) is 0 Å². The smallest absolute Gasteiger partial charge is 0.322 e. The van der Waals surface area contributed by atoms with E-state index >= 15 is 0 Å². The molecule has 1 heterocycles. The second-order valence-corrected chi connectivity index (χ2v) is 7.82. The molecule has 1 unspecified atom stereocenters. The molecule has 104 valence electrons. The van der Waals surface area contributed by atoms with Gasteiger partial charge in [0.1, 0.15) is 6.04 Å². The zero-order valence-corrected chi connectivity index (χ0v) is 13.7. The van der Waals surface area contributed by atoms with Crippen LogP contribution in [0, 0.1) is 0 Å². The molecule has 5 nitrogen and oxygen atoms in total. The fraction of sp³-hybridized carbons (Fsp3) is 0.364. The molecule has 0 aliphatic carbocycles. The van der Waals surface area contributed by atoms with Gasteiger partial charge in [0.25, 0.3) is 0 Å². The Morgan fingerprint density at radius 1 is 1.37 bits per heavy atom. The lowest BCUT2D eigenvalue weighted by Gasteiger charge is -2.21. The minimum absolute atomic E-state index is 0.0869. The topological polar surface area (TPSA) is 74.7 Å². The number of halogens is 2. The van der Waals surface area contributed by atoms with Crippen LogP contribution in [0.1, 0.15) is 12.8 Å². The molecule has 19 heavy (non-hydrogen) atoms. The molecule has 0 spiro atoms. The summed E-state index contributed by atoms with van der Waals surface area (Å²) in [5.74, 6) is -1.10. The first-order valence-electron chi connectivity index (χ1n) is 5.54. The zero-order chi connectivity index (χ0) is 14.2. The van der Waals surface area contributed by atoms with Gasteiger partial charge < -0.3 is 5.11 Å². The van der Waals surface area contributed by atoms with Crippen molar-refractivity contribution in [1.82, 2.24) is 4.31 Å². The second-order valence-electron chi connectivity index (χ2n) is 4.19. The van der Waals surface area contributed by atoms with Gasteiger partial charge in [0.15, 0.2) is 0 Å². The Morgan fingerprint density at radius 2 is 2.05 bits per heavy atom. The van der Waals surface area contributed by atoms with Crippen molar-refractivity contribution in [2.24, 2.45) is 0 Å². The first kappa shape index (κ1) is 15.0. The first-order chi connectivity index (χ1) is 8.84. The van der Waals surface area contributed by atoms with Gasteiger partial charge in [-0.25, -0.2) is 8.42 Å². The Bertz CT molecular complexity index is 617. The van der Waals surface area contributed by atoms with E-state index in [1.807, 2.05) is 0 Å². The highest BCUT2D eigenvalue weighted by Gasteiger charge is 2.40. The van der Waals surface area contributed by atoms with E-state index in [1.165, 1.54) is 6.07 Å². The Balaban J connectivity index is 2.45. The van der Waals surface area contributed by atoms with E-state index in [4.69, 9.17) is 5.11 Å². The van der Waals surface area contributed by atoms with E-state index in [-0.39, 0.29) is 11.4 Å². The monoisotopic (exact) mass is 411 g/mol. The highest BCUT2D eigenvalue weighted by atomic mass is 79.9. The number of nitrogens with zero attached hydrogens (tertiary/aromatic N) is 1. The number of aliphatic carboxylic acids is 1. The van der Waals surface area contributed by atoms with E-state index in [1.54, 1.807) is 12.1 Å². The number of carboxylic acids is 1. The average Bonchev–Trinajstić information content (AvgIpc) is 2.77. The van der Waals surface area contributed by atoms with Crippen LogP contribution in [0.2, 0.25) is 0 Å². The highest BCUT2D eigenvalue weighted by molar-refractivity contribution is 9.11. The molecule has 2 rings (SSSR count). The van der Waals surface area contributed by atoms with Gasteiger partial charge in [-0.1, -0.05) is 15.9 Å². The largest absolute Gasteiger partial charge is 0.480 e. The molecule has 1 aliphatic heterocycles. The summed E-state index contributed by atoms with van der Waals surface area (Å²) in [4.78, 5) is 11.2. The quantitative estimate of drug-likeness (QED) is 0.827. The number of benzene rings is 1. The molecule has 0 bridgehead atoms. The SMILES string of the molecule is O=C(O)C1CCCN1S(=O)(=O)c1ccc(Br)cc1Br. The Labute approximate surface area is 127 Å². The van der Waals surface area contributed by atoms with E-state index in [0.717, 1.165) is 8.78 Å². The third kappa shape index (κ3) is 2.86. The molecule has 1 N–H and O–H groups in total. The molecule has 0 aromatic heterocycles. The molecule has 1 fully saturated rings. The van der Waals surface area contributed by atoms with Crippen LogP contribution in [0.5, 0.6) is 0 Å². The number of carboxylic acid groups (broad SMARTS) is 1. The number of carbonyl (C=O) groups is 1. The molecular weight excluding hydrogens is 402 g/mol. The summed E-state index contributed by atoms with van der Waals surface area (Å²) in [5, 5.41) is 9.08.